The summed E-state index contributed by atoms with van der Waals surface area (Å²) in [5, 5.41) is 8.47. The second-order valence-electron chi connectivity index (χ2n) is 2.52. The maximum Gasteiger partial charge on any atom is 0.341 e. The van der Waals surface area contributed by atoms with Gasteiger partial charge in [0.05, 0.1) is 15.6 Å². The van der Waals surface area contributed by atoms with Crippen LogP contribution in [0, 0.1) is 0 Å². The van der Waals surface area contributed by atoms with Gasteiger partial charge in [-0.3, -0.25) is 4.79 Å². The fraction of sp³-hybridized carbons (Fsp3) is 0.111. The molecule has 0 spiro atoms. The normalized spacial score (nSPS) is 9.73. The first-order valence-corrected chi connectivity index (χ1v) is 4.52. The second-order valence-corrected chi connectivity index (χ2v) is 3.30. The Morgan fingerprint density at radius 1 is 1.47 bits per heavy atom. The van der Waals surface area contributed by atoms with Crippen LogP contribution in [0.25, 0.3) is 0 Å². The summed E-state index contributed by atoms with van der Waals surface area (Å²) in [6.45, 7) is -0.542. The van der Waals surface area contributed by atoms with E-state index in [0.717, 1.165) is 0 Å². The van der Waals surface area contributed by atoms with Gasteiger partial charge in [-0.1, -0.05) is 23.2 Å². The minimum atomic E-state index is -1.14. The van der Waals surface area contributed by atoms with Gasteiger partial charge in [0.15, 0.2) is 6.61 Å². The van der Waals surface area contributed by atoms with E-state index in [4.69, 9.17) is 33.0 Å². The predicted octanol–water partition coefficient (Wildman–Crippen LogP) is 1.91. The van der Waals surface area contributed by atoms with Crippen LogP contribution < -0.4 is 4.74 Å². The fourth-order valence-electron chi connectivity index (χ4n) is 0.878. The maximum absolute atomic E-state index is 10.5. The third kappa shape index (κ3) is 2.84. The molecule has 0 aliphatic rings. The van der Waals surface area contributed by atoms with Crippen molar-refractivity contribution in [1.82, 2.24) is 0 Å². The summed E-state index contributed by atoms with van der Waals surface area (Å²) in [7, 11) is 0. The van der Waals surface area contributed by atoms with Crippen LogP contribution in [0.5, 0.6) is 5.75 Å². The average Bonchev–Trinajstić information content (AvgIpc) is 2.17. The van der Waals surface area contributed by atoms with Gasteiger partial charge >= 0.3 is 5.97 Å². The molecule has 1 rings (SSSR count). The lowest BCUT2D eigenvalue weighted by Gasteiger charge is -2.07. The highest BCUT2D eigenvalue weighted by atomic mass is 35.5. The van der Waals surface area contributed by atoms with E-state index in [1.54, 1.807) is 6.29 Å². The number of aliphatic carboxylic acids is 1. The quantitative estimate of drug-likeness (QED) is 0.883. The number of carbonyl (C=O) groups excluding carboxylic acids is 1. The van der Waals surface area contributed by atoms with Crippen LogP contribution in [0.1, 0.15) is 5.56 Å². The molecule has 4 nitrogen and oxygen atoms in total. The van der Waals surface area contributed by atoms with Gasteiger partial charge in [-0.05, 0) is 12.1 Å². The fourth-order valence-corrected chi connectivity index (χ4v) is 1.38. The molecule has 1 radical (unpaired) electrons. The molecule has 0 unspecified atom stereocenters. The van der Waals surface area contributed by atoms with E-state index in [9.17, 15) is 9.59 Å². The summed E-state index contributed by atoms with van der Waals surface area (Å²) >= 11 is 11.4. The van der Waals surface area contributed by atoms with Crippen molar-refractivity contribution in [1.29, 1.82) is 0 Å². The molecule has 1 N–H and O–H groups in total. The monoisotopic (exact) mass is 247 g/mol. The molecule has 0 heterocycles. The van der Waals surface area contributed by atoms with Crippen LogP contribution in [0.3, 0.4) is 0 Å². The number of benzene rings is 1. The van der Waals surface area contributed by atoms with Crippen molar-refractivity contribution >= 4 is 35.5 Å². The van der Waals surface area contributed by atoms with E-state index in [0.29, 0.717) is 0 Å². The van der Waals surface area contributed by atoms with Crippen LogP contribution >= 0.6 is 23.2 Å². The Bertz CT molecular complexity index is 403. The number of carbonyl (C=O) groups is 1. The topological polar surface area (TPSA) is 63.6 Å². The Morgan fingerprint density at radius 3 is 2.67 bits per heavy atom. The lowest BCUT2D eigenvalue weighted by Crippen LogP contribution is -2.10. The SMILES string of the molecule is O=[C]c1c(Cl)ccc(OCC(=O)O)c1Cl. The molecule has 0 atom stereocenters. The number of ether oxygens (including phenoxy) is 1. The second kappa shape index (κ2) is 5.00. The molecule has 1 aromatic rings. The Hall–Kier alpha value is -1.26. The molecule has 1 aromatic carbocycles. The average molecular weight is 248 g/mol. The van der Waals surface area contributed by atoms with Crippen molar-refractivity contribution < 1.29 is 19.4 Å². The number of hydrogen-bond donors (Lipinski definition) is 1. The van der Waals surface area contributed by atoms with Crippen molar-refractivity contribution in [2.75, 3.05) is 6.61 Å². The van der Waals surface area contributed by atoms with Gasteiger partial charge < -0.3 is 9.84 Å². The van der Waals surface area contributed by atoms with E-state index in [2.05, 4.69) is 0 Å². The van der Waals surface area contributed by atoms with E-state index in [1.165, 1.54) is 12.1 Å². The molecule has 15 heavy (non-hydrogen) atoms. The molecule has 0 saturated carbocycles. The van der Waals surface area contributed by atoms with E-state index >= 15 is 0 Å². The zero-order valence-corrected chi connectivity index (χ0v) is 8.80. The highest BCUT2D eigenvalue weighted by Crippen LogP contribution is 2.31. The lowest BCUT2D eigenvalue weighted by atomic mass is 10.2. The van der Waals surface area contributed by atoms with Crippen LogP contribution in [0.4, 0.5) is 0 Å². The Morgan fingerprint density at radius 2 is 2.13 bits per heavy atom. The van der Waals surface area contributed by atoms with Crippen LogP contribution in [-0.4, -0.2) is 24.0 Å². The number of carboxylic acid groups (broad SMARTS) is 1. The van der Waals surface area contributed by atoms with E-state index in [-0.39, 0.29) is 21.4 Å². The van der Waals surface area contributed by atoms with Gasteiger partial charge in [-0.2, -0.15) is 0 Å². The van der Waals surface area contributed by atoms with Crippen molar-refractivity contribution in [3.05, 3.63) is 27.7 Å². The van der Waals surface area contributed by atoms with Gasteiger partial charge in [0.2, 0.25) is 6.29 Å². The Kier molecular flexibility index (Phi) is 3.94. The van der Waals surface area contributed by atoms with Crippen LogP contribution in [0.15, 0.2) is 12.1 Å². The molecule has 0 saturated heterocycles. The standard InChI is InChI=1S/C9H5Cl2O4/c10-6-1-2-7(15-4-8(13)14)9(11)5(6)3-12/h1-2H,4H2,(H,13,14). The molecule has 0 amide bonds. The molecular weight excluding hydrogens is 243 g/mol. The first-order chi connectivity index (χ1) is 7.06. The number of hydrogen-bond acceptors (Lipinski definition) is 3. The third-order valence-electron chi connectivity index (χ3n) is 1.51. The van der Waals surface area contributed by atoms with Gasteiger partial charge in [0.1, 0.15) is 5.75 Å². The van der Waals surface area contributed by atoms with Crippen molar-refractivity contribution in [3.63, 3.8) is 0 Å². The predicted molar refractivity (Wildman–Crippen MR) is 54.4 cm³/mol. The lowest BCUT2D eigenvalue weighted by molar-refractivity contribution is -0.139. The molecule has 0 aliphatic carbocycles. The Balaban J connectivity index is 2.99. The Labute approximate surface area is 95.4 Å². The van der Waals surface area contributed by atoms with Gasteiger partial charge in [0.25, 0.3) is 0 Å². The van der Waals surface area contributed by atoms with Crippen molar-refractivity contribution in [2.24, 2.45) is 0 Å². The summed E-state index contributed by atoms with van der Waals surface area (Å²) in [6, 6.07) is 2.76. The highest BCUT2D eigenvalue weighted by Gasteiger charge is 2.12. The van der Waals surface area contributed by atoms with E-state index < -0.39 is 12.6 Å². The zero-order chi connectivity index (χ0) is 11.4. The third-order valence-corrected chi connectivity index (χ3v) is 2.20. The van der Waals surface area contributed by atoms with Gasteiger partial charge in [-0.25, -0.2) is 4.79 Å². The molecule has 6 heteroatoms. The minimum absolute atomic E-state index is 0.0405. The minimum Gasteiger partial charge on any atom is -0.480 e. The van der Waals surface area contributed by atoms with Crippen LogP contribution in [-0.2, 0) is 9.59 Å². The molecule has 0 fully saturated rings. The van der Waals surface area contributed by atoms with Crippen molar-refractivity contribution in [3.8, 4) is 5.75 Å². The van der Waals surface area contributed by atoms with E-state index in [1.807, 2.05) is 0 Å². The number of carboxylic acids is 1. The summed E-state index contributed by atoms with van der Waals surface area (Å²) in [4.78, 5) is 20.7. The maximum atomic E-state index is 10.5. The first-order valence-electron chi connectivity index (χ1n) is 3.77. The number of halogens is 2. The van der Waals surface area contributed by atoms with Crippen molar-refractivity contribution in [2.45, 2.75) is 0 Å². The van der Waals surface area contributed by atoms with Crippen LogP contribution in [0.2, 0.25) is 10.0 Å². The summed E-state index contributed by atoms with van der Waals surface area (Å²) in [5.74, 6) is -1.06. The molecule has 0 aromatic heterocycles. The molecule has 79 valence electrons. The number of rotatable bonds is 4. The largest absolute Gasteiger partial charge is 0.480 e. The summed E-state index contributed by atoms with van der Waals surface area (Å²) in [6.07, 6.45) is 1.55. The molecule has 0 aliphatic heterocycles. The smallest absolute Gasteiger partial charge is 0.341 e. The summed E-state index contributed by atoms with van der Waals surface area (Å²) in [5.41, 5.74) is -0.0405. The highest BCUT2D eigenvalue weighted by molar-refractivity contribution is 6.39. The summed E-state index contributed by atoms with van der Waals surface area (Å²) < 4.78 is 4.83. The zero-order valence-electron chi connectivity index (χ0n) is 7.29. The molecular formula is C9H5Cl2O4. The van der Waals surface area contributed by atoms with Gasteiger partial charge in [0, 0.05) is 0 Å². The molecule has 0 bridgehead atoms. The first kappa shape index (κ1) is 11.8. The van der Waals surface area contributed by atoms with Gasteiger partial charge in [-0.15, -0.1) is 0 Å².